The number of fused-ring (bicyclic) bond motifs is 7. The molecule has 4 heteroatoms. The fourth-order valence-corrected chi connectivity index (χ4v) is 8.43. The van der Waals surface area contributed by atoms with E-state index >= 15 is 0 Å². The van der Waals surface area contributed by atoms with Crippen molar-refractivity contribution in [2.45, 2.75) is 13.8 Å². The van der Waals surface area contributed by atoms with E-state index in [2.05, 4.69) is 200 Å². The second-order valence-electron chi connectivity index (χ2n) is 15.1. The van der Waals surface area contributed by atoms with Crippen LogP contribution in [0.15, 0.2) is 204 Å². The molecule has 0 saturated carbocycles. The van der Waals surface area contributed by atoms with E-state index in [-0.39, 0.29) is 0 Å². The Morgan fingerprint density at radius 3 is 2.13 bits per heavy atom. The molecule has 0 atom stereocenters. The molecule has 3 heterocycles. The van der Waals surface area contributed by atoms with Crippen molar-refractivity contribution in [1.29, 1.82) is 0 Å². The summed E-state index contributed by atoms with van der Waals surface area (Å²) in [5, 5.41) is 4.37. The first-order chi connectivity index (χ1) is 29.6. The van der Waals surface area contributed by atoms with Gasteiger partial charge in [0.1, 0.15) is 22.5 Å². The summed E-state index contributed by atoms with van der Waals surface area (Å²) in [6.07, 6.45) is 24.7. The van der Waals surface area contributed by atoms with Crippen molar-refractivity contribution < 1.29 is 8.83 Å². The molecule has 0 unspecified atom stereocenters. The molecular formula is C56H42N2O2. The SMILES string of the molecule is C=C/C=C\c1c(C)c2ccccc2n1C1=C/C=C\C=C/c2oc3cc4oc5ccc(-c6ccc(N(c7ccccc7)c7ccccc7C)cc6)cc5c4cc3c2\C=C\C=C\1. The molecule has 0 amide bonds. The summed E-state index contributed by atoms with van der Waals surface area (Å²) >= 11 is 0. The van der Waals surface area contributed by atoms with Crippen LogP contribution in [0.25, 0.3) is 78.9 Å². The Morgan fingerprint density at radius 1 is 0.567 bits per heavy atom. The lowest BCUT2D eigenvalue weighted by Crippen LogP contribution is -2.11. The Balaban J connectivity index is 1.01. The third-order valence-corrected chi connectivity index (χ3v) is 11.4. The summed E-state index contributed by atoms with van der Waals surface area (Å²) in [4.78, 5) is 2.31. The first-order valence-electron chi connectivity index (χ1n) is 20.3. The maximum Gasteiger partial charge on any atom is 0.139 e. The quantitative estimate of drug-likeness (QED) is 0.151. The molecule has 6 aromatic carbocycles. The fraction of sp³-hybridized carbons (Fsp3) is 0.0357. The summed E-state index contributed by atoms with van der Waals surface area (Å²) in [7, 11) is 0. The largest absolute Gasteiger partial charge is 0.456 e. The van der Waals surface area contributed by atoms with Crippen LogP contribution in [-0.2, 0) is 0 Å². The van der Waals surface area contributed by atoms with Crippen molar-refractivity contribution in [2.24, 2.45) is 0 Å². The minimum Gasteiger partial charge on any atom is -0.456 e. The molecule has 0 aliphatic heterocycles. The summed E-state index contributed by atoms with van der Waals surface area (Å²) < 4.78 is 15.2. The van der Waals surface area contributed by atoms with Gasteiger partial charge < -0.3 is 18.3 Å². The number of allylic oxidation sites excluding steroid dienone is 10. The Labute approximate surface area is 349 Å². The van der Waals surface area contributed by atoms with Gasteiger partial charge >= 0.3 is 0 Å². The van der Waals surface area contributed by atoms with Gasteiger partial charge in [-0.2, -0.15) is 0 Å². The van der Waals surface area contributed by atoms with Crippen LogP contribution >= 0.6 is 0 Å². The highest BCUT2D eigenvalue weighted by atomic mass is 16.3. The Hall–Kier alpha value is -7.82. The number of aromatic nitrogens is 1. The maximum atomic E-state index is 6.49. The van der Waals surface area contributed by atoms with E-state index < -0.39 is 0 Å². The number of para-hydroxylation sites is 3. The summed E-state index contributed by atoms with van der Waals surface area (Å²) in [6.45, 7) is 8.25. The van der Waals surface area contributed by atoms with Gasteiger partial charge in [0.25, 0.3) is 0 Å². The molecule has 0 bridgehead atoms. The van der Waals surface area contributed by atoms with Crippen LogP contribution in [0.1, 0.15) is 28.1 Å². The molecule has 1 aliphatic rings. The average Bonchev–Trinajstić information content (AvgIpc) is 3.90. The van der Waals surface area contributed by atoms with Crippen LogP contribution in [-0.4, -0.2) is 4.57 Å². The third kappa shape index (κ3) is 6.54. The summed E-state index contributed by atoms with van der Waals surface area (Å²) in [5.41, 5.74) is 14.8. The number of aryl methyl sites for hydroxylation is 2. The normalized spacial score (nSPS) is 16.0. The number of furan rings is 2. The number of nitrogens with zero attached hydrogens (tertiary/aromatic N) is 2. The van der Waals surface area contributed by atoms with Crippen LogP contribution in [0.2, 0.25) is 0 Å². The van der Waals surface area contributed by atoms with Crippen molar-refractivity contribution in [2.75, 3.05) is 4.90 Å². The van der Waals surface area contributed by atoms with Crippen molar-refractivity contribution in [1.82, 2.24) is 4.57 Å². The molecule has 0 fully saturated rings. The number of hydrogen-bond acceptors (Lipinski definition) is 3. The maximum absolute atomic E-state index is 6.49. The molecule has 3 aromatic heterocycles. The second kappa shape index (κ2) is 15.5. The second-order valence-corrected chi connectivity index (χ2v) is 15.1. The van der Waals surface area contributed by atoms with Gasteiger partial charge in [-0.25, -0.2) is 0 Å². The molecule has 9 aromatic rings. The Kier molecular flexibility index (Phi) is 9.43. The molecule has 1 aliphatic carbocycles. The number of rotatable bonds is 7. The zero-order valence-electron chi connectivity index (χ0n) is 33.5. The first kappa shape index (κ1) is 36.5. The van der Waals surface area contributed by atoms with Crippen LogP contribution < -0.4 is 4.90 Å². The lowest BCUT2D eigenvalue weighted by Gasteiger charge is -2.27. The van der Waals surface area contributed by atoms with Gasteiger partial charge in [0.15, 0.2) is 0 Å². The lowest BCUT2D eigenvalue weighted by atomic mass is 10.0. The van der Waals surface area contributed by atoms with E-state index in [4.69, 9.17) is 8.83 Å². The standard InChI is InChI=1S/C56H42N2O2/c1-4-5-25-51-39(3)45-23-15-17-27-52(45)58(51)43-21-10-7-11-28-53-46(24-14-13-22-43)48-36-49-47-35-41(31-34-54(47)60-56(49)37-55(48)59-53)40-29-32-44(33-30-40)57(42-19-8-6-9-20-42)50-26-16-12-18-38(50)2/h4-37H,1H2,2-3H3/b10-7-,11-7?,14-13?,21-10?,22-13+,24-14+,25-5-,28-11-,43-21+,43-22?,46-24?,53-28?. The van der Waals surface area contributed by atoms with E-state index in [1.54, 1.807) is 0 Å². The Bertz CT molecular complexity index is 3280. The van der Waals surface area contributed by atoms with Gasteiger partial charge in [-0.15, -0.1) is 0 Å². The van der Waals surface area contributed by atoms with E-state index in [1.807, 2.05) is 36.4 Å². The van der Waals surface area contributed by atoms with Crippen LogP contribution in [0.5, 0.6) is 0 Å². The van der Waals surface area contributed by atoms with E-state index in [0.29, 0.717) is 0 Å². The van der Waals surface area contributed by atoms with Crippen molar-refractivity contribution in [3.63, 3.8) is 0 Å². The van der Waals surface area contributed by atoms with E-state index in [0.717, 1.165) is 89.3 Å². The van der Waals surface area contributed by atoms with E-state index in [9.17, 15) is 0 Å². The molecule has 0 saturated heterocycles. The van der Waals surface area contributed by atoms with Gasteiger partial charge in [-0.1, -0.05) is 128 Å². The average molecular weight is 775 g/mol. The molecule has 0 radical (unpaired) electrons. The molecule has 0 N–H and O–H groups in total. The zero-order valence-corrected chi connectivity index (χ0v) is 33.5. The molecule has 60 heavy (non-hydrogen) atoms. The van der Waals surface area contributed by atoms with Crippen LogP contribution in [0, 0.1) is 13.8 Å². The molecule has 288 valence electrons. The lowest BCUT2D eigenvalue weighted by molar-refractivity contribution is 0.601. The number of hydrogen-bond donors (Lipinski definition) is 0. The van der Waals surface area contributed by atoms with Gasteiger partial charge in [0, 0.05) is 61.6 Å². The Morgan fingerprint density at radius 2 is 1.28 bits per heavy atom. The summed E-state index contributed by atoms with van der Waals surface area (Å²) in [5.74, 6) is 0.793. The molecule has 4 nitrogen and oxygen atoms in total. The minimum absolute atomic E-state index is 0.780. The molecule has 0 spiro atoms. The zero-order chi connectivity index (χ0) is 40.6. The number of anilines is 3. The predicted molar refractivity (Wildman–Crippen MR) is 255 cm³/mol. The summed E-state index contributed by atoms with van der Waals surface area (Å²) in [6, 6.07) is 47.1. The fourth-order valence-electron chi connectivity index (χ4n) is 8.43. The van der Waals surface area contributed by atoms with E-state index in [1.165, 1.54) is 16.5 Å². The van der Waals surface area contributed by atoms with Crippen molar-refractivity contribution >= 4 is 84.8 Å². The van der Waals surface area contributed by atoms with Crippen molar-refractivity contribution in [3.8, 4) is 11.1 Å². The highest BCUT2D eigenvalue weighted by Gasteiger charge is 2.18. The third-order valence-electron chi connectivity index (χ3n) is 11.4. The van der Waals surface area contributed by atoms with Gasteiger partial charge in [-0.05, 0) is 115 Å². The van der Waals surface area contributed by atoms with Gasteiger partial charge in [0.05, 0.1) is 5.52 Å². The first-order valence-corrected chi connectivity index (χ1v) is 20.3. The number of benzene rings is 6. The molecule has 10 rings (SSSR count). The van der Waals surface area contributed by atoms with Crippen LogP contribution in [0.4, 0.5) is 17.1 Å². The minimum atomic E-state index is 0.780. The smallest absolute Gasteiger partial charge is 0.139 e. The molecular weight excluding hydrogens is 733 g/mol. The van der Waals surface area contributed by atoms with Crippen molar-refractivity contribution in [3.05, 3.63) is 223 Å². The highest BCUT2D eigenvalue weighted by Crippen LogP contribution is 2.40. The monoisotopic (exact) mass is 774 g/mol. The van der Waals surface area contributed by atoms with Crippen LogP contribution in [0.3, 0.4) is 0 Å². The van der Waals surface area contributed by atoms with Gasteiger partial charge in [0.2, 0.25) is 0 Å². The predicted octanol–water partition coefficient (Wildman–Crippen LogP) is 15.9. The van der Waals surface area contributed by atoms with Gasteiger partial charge in [-0.3, -0.25) is 0 Å². The highest BCUT2D eigenvalue weighted by molar-refractivity contribution is 6.12. The topological polar surface area (TPSA) is 34.5 Å².